The molecule has 2 aromatic rings. The Morgan fingerprint density at radius 1 is 1.00 bits per heavy atom. The third-order valence-corrected chi connectivity index (χ3v) is 4.71. The summed E-state index contributed by atoms with van der Waals surface area (Å²) in [6.45, 7) is 1.66. The van der Waals surface area contributed by atoms with Gasteiger partial charge in [-0.3, -0.25) is 9.63 Å². The van der Waals surface area contributed by atoms with E-state index in [0.717, 1.165) is 7.11 Å². The lowest BCUT2D eigenvalue weighted by Crippen LogP contribution is -2.36. The fourth-order valence-electron chi connectivity index (χ4n) is 1.91. The van der Waals surface area contributed by atoms with E-state index in [1.54, 1.807) is 43.3 Å². The van der Waals surface area contributed by atoms with Gasteiger partial charge in [-0.15, -0.1) is 4.47 Å². The van der Waals surface area contributed by atoms with Crippen molar-refractivity contribution in [1.29, 1.82) is 0 Å². The lowest BCUT2D eigenvalue weighted by Gasteiger charge is -2.20. The molecular weight excluding hydrogens is 290 g/mol. The number of carbonyl (C=O) groups is 1. The molecular formula is C15H15NO4S. The highest BCUT2D eigenvalue weighted by Crippen LogP contribution is 2.21. The van der Waals surface area contributed by atoms with E-state index in [2.05, 4.69) is 0 Å². The Balaban J connectivity index is 2.46. The molecule has 0 bridgehead atoms. The van der Waals surface area contributed by atoms with Crippen molar-refractivity contribution in [1.82, 2.24) is 4.47 Å². The molecule has 6 heteroatoms. The number of sulfonamides is 1. The van der Waals surface area contributed by atoms with Gasteiger partial charge in [0.25, 0.3) is 15.9 Å². The van der Waals surface area contributed by atoms with E-state index in [0.29, 0.717) is 10.0 Å². The van der Waals surface area contributed by atoms with Gasteiger partial charge in [-0.05, 0) is 30.7 Å². The van der Waals surface area contributed by atoms with Gasteiger partial charge >= 0.3 is 0 Å². The standard InChI is InChI=1S/C15H15NO4S/c1-12-8-6-7-11-14(12)21(18,19)16(20-2)15(17)13-9-4-3-5-10-13/h3-11H,1-2H3. The molecule has 0 spiro atoms. The Morgan fingerprint density at radius 2 is 1.57 bits per heavy atom. The van der Waals surface area contributed by atoms with Gasteiger partial charge in [0.1, 0.15) is 0 Å². The SMILES string of the molecule is CON(C(=O)c1ccccc1)S(=O)(=O)c1ccccc1C. The molecule has 0 saturated carbocycles. The van der Waals surface area contributed by atoms with Gasteiger partial charge in [0, 0.05) is 5.56 Å². The molecule has 0 saturated heterocycles. The summed E-state index contributed by atoms with van der Waals surface area (Å²) < 4.78 is 25.6. The average Bonchev–Trinajstić information content (AvgIpc) is 2.48. The van der Waals surface area contributed by atoms with Crippen LogP contribution in [0.2, 0.25) is 0 Å². The molecule has 21 heavy (non-hydrogen) atoms. The molecule has 5 nitrogen and oxygen atoms in total. The van der Waals surface area contributed by atoms with Crippen LogP contribution >= 0.6 is 0 Å². The van der Waals surface area contributed by atoms with E-state index >= 15 is 0 Å². The van der Waals surface area contributed by atoms with Crippen LogP contribution in [-0.2, 0) is 14.9 Å². The number of hydroxylamine groups is 1. The van der Waals surface area contributed by atoms with Crippen LogP contribution in [0.15, 0.2) is 59.5 Å². The van der Waals surface area contributed by atoms with Gasteiger partial charge in [0.2, 0.25) is 0 Å². The summed E-state index contributed by atoms with van der Waals surface area (Å²) in [6, 6.07) is 14.5. The zero-order valence-corrected chi connectivity index (χ0v) is 12.5. The predicted molar refractivity (Wildman–Crippen MR) is 78.0 cm³/mol. The van der Waals surface area contributed by atoms with E-state index in [4.69, 9.17) is 4.84 Å². The van der Waals surface area contributed by atoms with Crippen molar-refractivity contribution in [2.24, 2.45) is 0 Å². The maximum atomic E-state index is 12.6. The first-order valence-electron chi connectivity index (χ1n) is 6.23. The lowest BCUT2D eigenvalue weighted by atomic mass is 10.2. The zero-order chi connectivity index (χ0) is 15.5. The van der Waals surface area contributed by atoms with Crippen LogP contribution in [-0.4, -0.2) is 25.9 Å². The highest BCUT2D eigenvalue weighted by Gasteiger charge is 2.31. The highest BCUT2D eigenvalue weighted by atomic mass is 32.2. The zero-order valence-electron chi connectivity index (χ0n) is 11.7. The topological polar surface area (TPSA) is 63.7 Å². The summed E-state index contributed by atoms with van der Waals surface area (Å²) in [7, 11) is -2.92. The normalized spacial score (nSPS) is 11.1. The van der Waals surface area contributed by atoms with Crippen molar-refractivity contribution in [3.05, 3.63) is 65.7 Å². The molecule has 0 aliphatic carbocycles. The molecule has 0 fully saturated rings. The second kappa shape index (κ2) is 6.07. The van der Waals surface area contributed by atoms with Gasteiger partial charge in [-0.25, -0.2) is 0 Å². The van der Waals surface area contributed by atoms with E-state index in [-0.39, 0.29) is 10.5 Å². The molecule has 0 heterocycles. The fourth-order valence-corrected chi connectivity index (χ4v) is 3.34. The quantitative estimate of drug-likeness (QED) is 0.814. The van der Waals surface area contributed by atoms with Crippen LogP contribution in [0.4, 0.5) is 0 Å². The molecule has 0 atom stereocenters. The molecule has 1 amide bonds. The minimum Gasteiger partial charge on any atom is -0.266 e. The average molecular weight is 305 g/mol. The van der Waals surface area contributed by atoms with Crippen molar-refractivity contribution < 1.29 is 18.0 Å². The van der Waals surface area contributed by atoms with Gasteiger partial charge < -0.3 is 0 Å². The summed E-state index contributed by atoms with van der Waals surface area (Å²) in [6.07, 6.45) is 0. The molecule has 0 N–H and O–H groups in total. The minimum absolute atomic E-state index is 0.0381. The monoisotopic (exact) mass is 305 g/mol. The van der Waals surface area contributed by atoms with E-state index in [1.807, 2.05) is 0 Å². The molecule has 0 aliphatic rings. The first-order valence-corrected chi connectivity index (χ1v) is 7.67. The van der Waals surface area contributed by atoms with Crippen LogP contribution in [0.1, 0.15) is 15.9 Å². The van der Waals surface area contributed by atoms with Crippen LogP contribution < -0.4 is 0 Å². The number of aryl methyl sites for hydroxylation is 1. The van der Waals surface area contributed by atoms with Gasteiger partial charge in [-0.2, -0.15) is 8.42 Å². The number of hydrogen-bond donors (Lipinski definition) is 0. The van der Waals surface area contributed by atoms with Crippen molar-refractivity contribution in [2.75, 3.05) is 7.11 Å². The number of hydrogen-bond acceptors (Lipinski definition) is 4. The maximum Gasteiger partial charge on any atom is 0.292 e. The van der Waals surface area contributed by atoms with Crippen LogP contribution in [0.5, 0.6) is 0 Å². The van der Waals surface area contributed by atoms with Crippen LogP contribution in [0.25, 0.3) is 0 Å². The highest BCUT2D eigenvalue weighted by molar-refractivity contribution is 7.89. The predicted octanol–water partition coefficient (Wildman–Crippen LogP) is 2.39. The molecule has 0 unspecified atom stereocenters. The number of carbonyl (C=O) groups excluding carboxylic acids is 1. The summed E-state index contributed by atoms with van der Waals surface area (Å²) in [5.41, 5.74) is 0.775. The van der Waals surface area contributed by atoms with Crippen molar-refractivity contribution >= 4 is 15.9 Å². The summed E-state index contributed by atoms with van der Waals surface area (Å²) in [5, 5.41) is 0. The number of nitrogens with zero attached hydrogens (tertiary/aromatic N) is 1. The second-order valence-corrected chi connectivity index (χ2v) is 6.07. The van der Waals surface area contributed by atoms with Crippen molar-refractivity contribution in [2.45, 2.75) is 11.8 Å². The fraction of sp³-hybridized carbons (Fsp3) is 0.133. The van der Waals surface area contributed by atoms with Gasteiger partial charge in [-0.1, -0.05) is 36.4 Å². The Kier molecular flexibility index (Phi) is 4.40. The minimum atomic E-state index is -4.07. The summed E-state index contributed by atoms with van der Waals surface area (Å²) in [5.74, 6) is -0.735. The number of amides is 1. The maximum absolute atomic E-state index is 12.6. The molecule has 0 aromatic heterocycles. The third kappa shape index (κ3) is 2.96. The summed E-state index contributed by atoms with van der Waals surface area (Å²) in [4.78, 5) is 17.2. The lowest BCUT2D eigenvalue weighted by molar-refractivity contribution is -0.0284. The summed E-state index contributed by atoms with van der Waals surface area (Å²) >= 11 is 0. The first-order chi connectivity index (χ1) is 9.98. The second-order valence-electron chi connectivity index (χ2n) is 4.35. The number of rotatable bonds is 4. The van der Waals surface area contributed by atoms with Crippen molar-refractivity contribution in [3.8, 4) is 0 Å². The Hall–Kier alpha value is -2.18. The van der Waals surface area contributed by atoms with Gasteiger partial charge in [0.15, 0.2) is 0 Å². The molecule has 2 aromatic carbocycles. The smallest absolute Gasteiger partial charge is 0.266 e. The van der Waals surface area contributed by atoms with Crippen molar-refractivity contribution in [3.63, 3.8) is 0 Å². The Bertz CT molecular complexity index is 741. The van der Waals surface area contributed by atoms with Crippen LogP contribution in [0, 0.1) is 6.92 Å². The first kappa shape index (κ1) is 15.2. The molecule has 0 radical (unpaired) electrons. The Labute approximate surface area is 123 Å². The third-order valence-electron chi connectivity index (χ3n) is 2.94. The van der Waals surface area contributed by atoms with E-state index in [9.17, 15) is 13.2 Å². The molecule has 0 aliphatic heterocycles. The van der Waals surface area contributed by atoms with Crippen LogP contribution in [0.3, 0.4) is 0 Å². The van der Waals surface area contributed by atoms with Gasteiger partial charge in [0.05, 0.1) is 12.0 Å². The molecule has 110 valence electrons. The van der Waals surface area contributed by atoms with E-state index in [1.165, 1.54) is 18.2 Å². The Morgan fingerprint density at radius 3 is 2.14 bits per heavy atom. The number of benzene rings is 2. The van der Waals surface area contributed by atoms with E-state index < -0.39 is 15.9 Å². The molecule has 2 rings (SSSR count). The largest absolute Gasteiger partial charge is 0.292 e.